The average Bonchev–Trinajstić information content (AvgIpc) is 2.54. The molecular weight excluding hydrogens is 371 g/mol. The number of carbonyl (C=O) groups excluding carboxylic acids is 1. The summed E-state index contributed by atoms with van der Waals surface area (Å²) in [6.07, 6.45) is -4.60. The van der Waals surface area contributed by atoms with Crippen molar-refractivity contribution in [3.05, 3.63) is 69.3 Å². The van der Waals surface area contributed by atoms with Crippen molar-refractivity contribution in [1.82, 2.24) is 5.32 Å². The van der Waals surface area contributed by atoms with Crippen molar-refractivity contribution in [2.75, 3.05) is 5.32 Å². The number of alkyl halides is 3. The maximum atomic E-state index is 13.0. The Kier molecular flexibility index (Phi) is 5.56. The van der Waals surface area contributed by atoms with Gasteiger partial charge in [-0.25, -0.2) is 0 Å². The van der Waals surface area contributed by atoms with E-state index in [1.807, 2.05) is 0 Å². The maximum absolute atomic E-state index is 13.0. The van der Waals surface area contributed by atoms with E-state index in [9.17, 15) is 28.1 Å². The van der Waals surface area contributed by atoms with Gasteiger partial charge in [-0.1, -0.05) is 18.2 Å². The highest BCUT2D eigenvalue weighted by Gasteiger charge is 2.33. The van der Waals surface area contributed by atoms with Crippen molar-refractivity contribution < 1.29 is 22.9 Å². The lowest BCUT2D eigenvalue weighted by Crippen LogP contribution is -2.35. The van der Waals surface area contributed by atoms with Crippen molar-refractivity contribution in [2.24, 2.45) is 0 Å². The molecule has 0 heterocycles. The van der Waals surface area contributed by atoms with E-state index in [1.54, 1.807) is 0 Å². The Morgan fingerprint density at radius 3 is 2.42 bits per heavy atom. The zero-order valence-electron chi connectivity index (χ0n) is 13.3. The Labute approximate surface area is 151 Å². The van der Waals surface area contributed by atoms with Crippen LogP contribution in [-0.2, 0) is 6.18 Å². The topological polar surface area (TPSA) is 84.3 Å². The molecule has 0 aromatic heterocycles. The van der Waals surface area contributed by atoms with Crippen molar-refractivity contribution in [3.8, 4) is 0 Å². The molecule has 0 radical (unpaired) electrons. The summed E-state index contributed by atoms with van der Waals surface area (Å²) in [6.45, 7) is 1.39. The zero-order chi connectivity index (χ0) is 19.5. The van der Waals surface area contributed by atoms with Gasteiger partial charge < -0.3 is 5.32 Å². The third-order valence-electron chi connectivity index (χ3n) is 3.45. The fourth-order valence-corrected chi connectivity index (χ4v) is 2.43. The number of nitrogens with zero attached hydrogens (tertiary/aromatic N) is 1. The van der Waals surface area contributed by atoms with Gasteiger partial charge in [-0.05, 0) is 37.3 Å². The minimum Gasteiger partial charge on any atom is -0.332 e. The van der Waals surface area contributed by atoms with Crippen LogP contribution in [0.15, 0.2) is 42.5 Å². The largest absolute Gasteiger partial charge is 0.418 e. The summed E-state index contributed by atoms with van der Waals surface area (Å²) >= 11 is 4.88. The molecule has 6 nitrogen and oxygen atoms in total. The second-order valence-electron chi connectivity index (χ2n) is 5.16. The van der Waals surface area contributed by atoms with Gasteiger partial charge in [0.05, 0.1) is 16.2 Å². The SMILES string of the molecule is Cc1c(C(=O)NC(=S)Nc2ccccc2C(F)(F)F)cccc1[N+](=O)[O-]. The van der Waals surface area contributed by atoms with Crippen LogP contribution in [0.5, 0.6) is 0 Å². The molecule has 0 saturated carbocycles. The number of hydrogen-bond acceptors (Lipinski definition) is 4. The Bertz CT molecular complexity index is 885. The number of nitro benzene ring substituents is 1. The summed E-state index contributed by atoms with van der Waals surface area (Å²) < 4.78 is 38.9. The van der Waals surface area contributed by atoms with Crippen molar-refractivity contribution in [1.29, 1.82) is 0 Å². The number of amides is 1. The van der Waals surface area contributed by atoms with Crippen LogP contribution in [-0.4, -0.2) is 15.9 Å². The summed E-state index contributed by atoms with van der Waals surface area (Å²) in [4.78, 5) is 22.5. The highest BCUT2D eigenvalue weighted by molar-refractivity contribution is 7.80. The Morgan fingerprint density at radius 2 is 1.81 bits per heavy atom. The predicted octanol–water partition coefficient (Wildman–Crippen LogP) is 4.05. The molecule has 26 heavy (non-hydrogen) atoms. The third-order valence-corrected chi connectivity index (χ3v) is 3.66. The Balaban J connectivity index is 2.18. The Morgan fingerprint density at radius 1 is 1.15 bits per heavy atom. The van der Waals surface area contributed by atoms with Crippen LogP contribution in [0, 0.1) is 17.0 Å². The highest BCUT2D eigenvalue weighted by atomic mass is 32.1. The van der Waals surface area contributed by atoms with Crippen LogP contribution in [0.2, 0.25) is 0 Å². The number of thiocarbonyl (C=S) groups is 1. The molecule has 0 fully saturated rings. The smallest absolute Gasteiger partial charge is 0.332 e. The first-order valence-electron chi connectivity index (χ1n) is 7.14. The highest BCUT2D eigenvalue weighted by Crippen LogP contribution is 2.34. The number of benzene rings is 2. The van der Waals surface area contributed by atoms with Crippen LogP contribution in [0.25, 0.3) is 0 Å². The summed E-state index contributed by atoms with van der Waals surface area (Å²) in [6, 6.07) is 8.56. The van der Waals surface area contributed by atoms with Gasteiger partial charge in [0.2, 0.25) is 0 Å². The van der Waals surface area contributed by atoms with Crippen LogP contribution in [0.3, 0.4) is 0 Å². The van der Waals surface area contributed by atoms with Gasteiger partial charge in [0.1, 0.15) is 0 Å². The van der Waals surface area contributed by atoms with E-state index in [0.29, 0.717) is 0 Å². The third kappa shape index (κ3) is 4.33. The molecule has 2 rings (SSSR count). The molecule has 2 aromatic carbocycles. The lowest BCUT2D eigenvalue weighted by atomic mass is 10.1. The average molecular weight is 383 g/mol. The first-order valence-corrected chi connectivity index (χ1v) is 7.54. The first kappa shape index (κ1) is 19.3. The van der Waals surface area contributed by atoms with Crippen molar-refractivity contribution in [3.63, 3.8) is 0 Å². The first-order chi connectivity index (χ1) is 12.1. The fourth-order valence-electron chi connectivity index (χ4n) is 2.23. The van der Waals surface area contributed by atoms with Crippen LogP contribution < -0.4 is 10.6 Å². The molecule has 0 bridgehead atoms. The molecule has 1 amide bonds. The van der Waals surface area contributed by atoms with Crippen molar-refractivity contribution >= 4 is 34.6 Å². The van der Waals surface area contributed by atoms with Crippen LogP contribution in [0.1, 0.15) is 21.5 Å². The van der Waals surface area contributed by atoms with Crippen molar-refractivity contribution in [2.45, 2.75) is 13.1 Å². The summed E-state index contributed by atoms with van der Waals surface area (Å²) in [5, 5.41) is 15.1. The number of anilines is 1. The van der Waals surface area contributed by atoms with E-state index in [0.717, 1.165) is 6.07 Å². The molecule has 0 aliphatic rings. The van der Waals surface area contributed by atoms with Gasteiger partial charge >= 0.3 is 6.18 Å². The van der Waals surface area contributed by atoms with E-state index >= 15 is 0 Å². The summed E-state index contributed by atoms with van der Waals surface area (Å²) in [7, 11) is 0. The van der Waals surface area contributed by atoms with E-state index in [-0.39, 0.29) is 27.6 Å². The molecule has 0 aliphatic carbocycles. The van der Waals surface area contributed by atoms with Gasteiger partial charge in [0, 0.05) is 17.2 Å². The lowest BCUT2D eigenvalue weighted by Gasteiger charge is -2.15. The number of rotatable bonds is 3. The number of nitro groups is 1. The minimum atomic E-state index is -4.60. The van der Waals surface area contributed by atoms with Gasteiger partial charge in [0.25, 0.3) is 11.6 Å². The molecule has 136 valence electrons. The predicted molar refractivity (Wildman–Crippen MR) is 93.0 cm³/mol. The van der Waals surface area contributed by atoms with Crippen LogP contribution >= 0.6 is 12.2 Å². The Hall–Kier alpha value is -3.01. The standard InChI is InChI=1S/C16H12F3N3O3S/c1-9-10(5-4-8-13(9)22(24)25)14(23)21-15(26)20-12-7-3-2-6-11(12)16(17,18)19/h2-8H,1H3,(H2,20,21,23,26). The van der Waals surface area contributed by atoms with Gasteiger partial charge in [-0.3, -0.25) is 20.2 Å². The monoisotopic (exact) mass is 383 g/mol. The maximum Gasteiger partial charge on any atom is 0.418 e. The number of carbonyl (C=O) groups is 1. The molecule has 0 atom stereocenters. The molecule has 0 unspecified atom stereocenters. The van der Waals surface area contributed by atoms with Gasteiger partial charge in [-0.15, -0.1) is 0 Å². The molecular formula is C16H12F3N3O3S. The minimum absolute atomic E-state index is 0.00698. The summed E-state index contributed by atoms with van der Waals surface area (Å²) in [5.74, 6) is -0.770. The molecule has 0 aliphatic heterocycles. The second-order valence-corrected chi connectivity index (χ2v) is 5.57. The quantitative estimate of drug-likeness (QED) is 0.475. The van der Waals surface area contributed by atoms with E-state index in [4.69, 9.17) is 12.2 Å². The molecule has 2 aromatic rings. The second kappa shape index (κ2) is 7.48. The number of halogens is 3. The molecule has 0 saturated heterocycles. The molecule has 2 N–H and O–H groups in total. The molecule has 0 spiro atoms. The van der Waals surface area contributed by atoms with E-state index < -0.39 is 22.6 Å². The van der Waals surface area contributed by atoms with Gasteiger partial charge in [0.15, 0.2) is 5.11 Å². The van der Waals surface area contributed by atoms with E-state index in [1.165, 1.54) is 43.3 Å². The van der Waals surface area contributed by atoms with Crippen LogP contribution in [0.4, 0.5) is 24.5 Å². The zero-order valence-corrected chi connectivity index (χ0v) is 14.1. The van der Waals surface area contributed by atoms with Gasteiger partial charge in [-0.2, -0.15) is 13.2 Å². The normalized spacial score (nSPS) is 10.9. The lowest BCUT2D eigenvalue weighted by molar-refractivity contribution is -0.385. The number of hydrogen-bond donors (Lipinski definition) is 2. The van der Waals surface area contributed by atoms with E-state index in [2.05, 4.69) is 10.6 Å². The number of nitrogens with one attached hydrogen (secondary N) is 2. The fraction of sp³-hybridized carbons (Fsp3) is 0.125. The summed E-state index contributed by atoms with van der Waals surface area (Å²) in [5.41, 5.74) is -1.40. The number of para-hydroxylation sites is 1. The molecule has 10 heteroatoms.